The van der Waals surface area contributed by atoms with E-state index in [1.807, 2.05) is 4.90 Å². The minimum Gasteiger partial charge on any atom is -0.379 e. The monoisotopic (exact) mass is 485 g/mol. The fourth-order valence-corrected chi connectivity index (χ4v) is 4.77. The van der Waals surface area contributed by atoms with Crippen LogP contribution in [0.15, 0.2) is 24.3 Å². The number of carbonyl (C=O) groups excluding carboxylic acids is 2. The number of fused-ring (bicyclic) bond motifs is 1. The van der Waals surface area contributed by atoms with Gasteiger partial charge < -0.3 is 4.74 Å². The number of likely N-dealkylation sites (N-methyl/N-ethyl adjacent to an activating group) is 1. The highest BCUT2D eigenvalue weighted by atomic mass is 35.6. The van der Waals surface area contributed by atoms with E-state index in [-0.39, 0.29) is 5.69 Å². The van der Waals surface area contributed by atoms with Gasteiger partial charge in [-0.3, -0.25) is 9.69 Å². The van der Waals surface area contributed by atoms with Gasteiger partial charge in [0.25, 0.3) is 0 Å². The SMILES string of the molecule is CN1C(=O)C2N(C(C(Cl)C(Cl)(Cl)Cl)N3CCOCC3)[N+]2(c2ccccc2F)C1=O. The summed E-state index contributed by atoms with van der Waals surface area (Å²) in [6.45, 7) is 1.74. The summed E-state index contributed by atoms with van der Waals surface area (Å²) in [4.78, 5) is 28.9. The molecule has 5 unspecified atom stereocenters. The Kier molecular flexibility index (Phi) is 5.53. The highest BCUT2D eigenvalue weighted by molar-refractivity contribution is 6.70. The van der Waals surface area contributed by atoms with Crippen molar-refractivity contribution in [3.05, 3.63) is 30.1 Å². The molecule has 3 aliphatic rings. The molecule has 5 atom stereocenters. The largest absolute Gasteiger partial charge is 0.452 e. The lowest BCUT2D eigenvalue weighted by molar-refractivity contribution is -0.127. The molecule has 1 aromatic carbocycles. The van der Waals surface area contributed by atoms with Gasteiger partial charge in [0.1, 0.15) is 11.5 Å². The predicted octanol–water partition coefficient (Wildman–Crippen LogP) is 2.92. The summed E-state index contributed by atoms with van der Waals surface area (Å²) in [6, 6.07) is 5.24. The van der Waals surface area contributed by atoms with Crippen LogP contribution in [0, 0.1) is 5.82 Å². The van der Waals surface area contributed by atoms with Gasteiger partial charge in [0.05, 0.1) is 13.2 Å². The van der Waals surface area contributed by atoms with Gasteiger partial charge in [-0.1, -0.05) is 51.5 Å². The number of amides is 3. The van der Waals surface area contributed by atoms with E-state index in [0.717, 1.165) is 4.90 Å². The second-order valence-electron chi connectivity index (χ2n) is 7.08. The molecule has 3 fully saturated rings. The van der Waals surface area contributed by atoms with Crippen molar-refractivity contribution in [2.75, 3.05) is 33.4 Å². The Bertz CT molecular complexity index is 850. The fraction of sp³-hybridized carbons (Fsp3) is 0.529. The topological polar surface area (TPSA) is 52.9 Å². The molecule has 4 rings (SSSR count). The van der Waals surface area contributed by atoms with Crippen LogP contribution >= 0.6 is 46.4 Å². The maximum atomic E-state index is 14.8. The molecule has 3 amide bonds. The number of carbonyl (C=O) groups is 2. The van der Waals surface area contributed by atoms with Crippen LogP contribution < -0.4 is 4.59 Å². The van der Waals surface area contributed by atoms with Crippen LogP contribution in [0.4, 0.5) is 14.9 Å². The summed E-state index contributed by atoms with van der Waals surface area (Å²) < 4.78 is 17.6. The predicted molar refractivity (Wildman–Crippen MR) is 108 cm³/mol. The zero-order valence-corrected chi connectivity index (χ0v) is 18.3. The van der Waals surface area contributed by atoms with E-state index in [0.29, 0.717) is 26.3 Å². The molecule has 0 spiro atoms. The number of quaternary nitrogens is 1. The summed E-state index contributed by atoms with van der Waals surface area (Å²) in [5.41, 5.74) is 0.0478. The third-order valence-corrected chi connectivity index (χ3v) is 7.12. The summed E-state index contributed by atoms with van der Waals surface area (Å²) in [6.07, 6.45) is -1.80. The Labute approximate surface area is 186 Å². The van der Waals surface area contributed by atoms with Crippen LogP contribution in [0.25, 0.3) is 0 Å². The smallest absolute Gasteiger partial charge is 0.379 e. The first kappa shape index (κ1) is 21.5. The summed E-state index contributed by atoms with van der Waals surface area (Å²) in [5.74, 6) is -1.08. The number of halogens is 5. The second-order valence-corrected chi connectivity index (χ2v) is 9.91. The van der Waals surface area contributed by atoms with E-state index < -0.39 is 43.8 Å². The molecule has 29 heavy (non-hydrogen) atoms. The number of hydrogen-bond donors (Lipinski definition) is 0. The van der Waals surface area contributed by atoms with Crippen molar-refractivity contribution < 1.29 is 18.7 Å². The number of morpholine rings is 1. The third kappa shape index (κ3) is 3.16. The first-order chi connectivity index (χ1) is 13.6. The Balaban J connectivity index is 1.83. The van der Waals surface area contributed by atoms with Crippen molar-refractivity contribution >= 4 is 64.0 Å². The number of hydrogen-bond acceptors (Lipinski definition) is 5. The molecule has 0 bridgehead atoms. The molecular weight excluding hydrogens is 469 g/mol. The molecule has 3 heterocycles. The van der Waals surface area contributed by atoms with E-state index >= 15 is 0 Å². The number of urea groups is 1. The second kappa shape index (κ2) is 7.46. The van der Waals surface area contributed by atoms with E-state index in [2.05, 4.69) is 0 Å². The Morgan fingerprint density at radius 2 is 1.83 bits per heavy atom. The van der Waals surface area contributed by atoms with Crippen molar-refractivity contribution in [2.45, 2.75) is 21.5 Å². The van der Waals surface area contributed by atoms with Gasteiger partial charge in [-0.2, -0.15) is 0 Å². The van der Waals surface area contributed by atoms with Crippen LogP contribution in [-0.2, 0) is 9.53 Å². The number of rotatable bonds is 4. The van der Waals surface area contributed by atoms with Crippen molar-refractivity contribution in [3.8, 4) is 0 Å². The van der Waals surface area contributed by atoms with Crippen LogP contribution in [-0.4, -0.2) is 81.6 Å². The molecule has 0 aliphatic carbocycles. The Hall–Kier alpha value is -0.710. The lowest BCUT2D eigenvalue weighted by atomic mass is 10.2. The Morgan fingerprint density at radius 1 is 1.21 bits per heavy atom. The molecule has 0 N–H and O–H groups in total. The van der Waals surface area contributed by atoms with Gasteiger partial charge >= 0.3 is 18.1 Å². The Morgan fingerprint density at radius 3 is 2.41 bits per heavy atom. The average molecular weight is 487 g/mol. The van der Waals surface area contributed by atoms with Crippen molar-refractivity contribution in [1.29, 1.82) is 0 Å². The zero-order chi connectivity index (χ0) is 21.1. The number of ether oxygens (including phenoxy) is 1. The average Bonchev–Trinajstić information content (AvgIpc) is 3.31. The van der Waals surface area contributed by atoms with E-state index in [1.54, 1.807) is 6.07 Å². The number of imide groups is 1. The van der Waals surface area contributed by atoms with E-state index in [4.69, 9.17) is 51.1 Å². The van der Waals surface area contributed by atoms with Crippen LogP contribution in [0.1, 0.15) is 0 Å². The van der Waals surface area contributed by atoms with Gasteiger partial charge in [0.2, 0.25) is 3.79 Å². The zero-order valence-electron chi connectivity index (χ0n) is 15.3. The van der Waals surface area contributed by atoms with Crippen molar-refractivity contribution in [2.24, 2.45) is 0 Å². The highest BCUT2D eigenvalue weighted by Gasteiger charge is 2.86. The quantitative estimate of drug-likeness (QED) is 0.283. The molecule has 158 valence electrons. The van der Waals surface area contributed by atoms with Crippen molar-refractivity contribution in [1.82, 2.24) is 19.4 Å². The number of para-hydroxylation sites is 1. The van der Waals surface area contributed by atoms with Gasteiger partial charge in [-0.15, -0.1) is 11.6 Å². The normalized spacial score (nSPS) is 32.3. The minimum atomic E-state index is -1.89. The molecule has 0 saturated carbocycles. The van der Waals surface area contributed by atoms with Gasteiger partial charge in [0, 0.05) is 26.2 Å². The lowest BCUT2D eigenvalue weighted by Gasteiger charge is -2.38. The molecular formula is C17H18Cl4FN4O3+. The van der Waals surface area contributed by atoms with Crippen LogP contribution in [0.3, 0.4) is 0 Å². The number of nitrogens with zero attached hydrogens (tertiary/aromatic N) is 4. The molecule has 3 saturated heterocycles. The van der Waals surface area contributed by atoms with Gasteiger partial charge in [0.15, 0.2) is 11.5 Å². The van der Waals surface area contributed by atoms with Crippen LogP contribution in [0.2, 0.25) is 0 Å². The molecule has 7 nitrogen and oxygen atoms in total. The molecule has 0 radical (unpaired) electrons. The van der Waals surface area contributed by atoms with Crippen LogP contribution in [0.5, 0.6) is 0 Å². The third-order valence-electron chi connectivity index (χ3n) is 5.53. The number of benzene rings is 1. The number of alkyl halides is 4. The van der Waals surface area contributed by atoms with E-state index in [9.17, 15) is 14.0 Å². The van der Waals surface area contributed by atoms with Gasteiger partial charge in [-0.05, 0) is 11.1 Å². The van der Waals surface area contributed by atoms with E-state index in [1.165, 1.54) is 30.3 Å². The summed E-state index contributed by atoms with van der Waals surface area (Å²) in [5, 5.41) is 0.414. The standard InChI is InChI=1S/C17H18Cl4FN4O3/c1-23-15(27)14-25(26(14,16(23)28)11-5-3-2-4-10(11)22)13(12(18)17(19,20)21)24-6-8-29-9-7-24/h2-5,12-14H,6-9H2,1H3/q+1. The summed E-state index contributed by atoms with van der Waals surface area (Å²) in [7, 11) is 1.37. The highest BCUT2D eigenvalue weighted by Crippen LogP contribution is 2.55. The van der Waals surface area contributed by atoms with Gasteiger partial charge in [-0.25, -0.2) is 14.1 Å². The molecule has 1 aromatic rings. The first-order valence-electron chi connectivity index (χ1n) is 8.90. The maximum Gasteiger partial charge on any atom is 0.452 e. The fourth-order valence-electron chi connectivity index (χ4n) is 4.16. The van der Waals surface area contributed by atoms with Crippen molar-refractivity contribution in [3.63, 3.8) is 0 Å². The molecule has 12 heteroatoms. The maximum absolute atomic E-state index is 14.8. The first-order valence-corrected chi connectivity index (χ1v) is 10.5. The molecule has 3 aliphatic heterocycles. The molecule has 0 aromatic heterocycles. The minimum absolute atomic E-state index is 0.0478. The summed E-state index contributed by atoms with van der Waals surface area (Å²) >= 11 is 24.9. The lowest BCUT2D eigenvalue weighted by Crippen LogP contribution is -2.60.